The van der Waals surface area contributed by atoms with E-state index in [0.29, 0.717) is 0 Å². The smallest absolute Gasteiger partial charge is 0 e. The molecule has 0 bridgehead atoms. The van der Waals surface area contributed by atoms with Gasteiger partial charge in [-0.1, -0.05) is 29.2 Å². The third kappa shape index (κ3) is 80.8. The van der Waals surface area contributed by atoms with Crippen LogP contribution in [0.15, 0.2) is 0 Å². The second-order valence-electron chi connectivity index (χ2n) is 0.816. The minimum atomic E-state index is 0. The molecule has 9 heavy (non-hydrogen) atoms. The molecule has 0 spiro atoms. The molecule has 0 aliphatic carbocycles. The summed E-state index contributed by atoms with van der Waals surface area (Å²) in [6.07, 6.45) is 3.32. The van der Waals surface area contributed by atoms with Gasteiger partial charge in [-0.2, -0.15) is 13.3 Å². The van der Waals surface area contributed by atoms with Crippen LogP contribution in [0.5, 0.6) is 0 Å². The first kappa shape index (κ1) is 45.9. The summed E-state index contributed by atoms with van der Waals surface area (Å²) < 4.78 is 0. The minimum Gasteiger partial charge on any atom is -0.332 e. The molecule has 0 rings (SSSR count). The fraction of sp³-hybridized carbons (Fsp3) is 0.857. The van der Waals surface area contributed by atoms with Crippen molar-refractivity contribution in [1.82, 2.24) is 0 Å². The van der Waals surface area contributed by atoms with Crippen LogP contribution in [0, 0.1) is 37.5 Å². The van der Waals surface area contributed by atoms with Crippen LogP contribution in [0.25, 0.3) is 0 Å². The van der Waals surface area contributed by atoms with E-state index in [1.165, 1.54) is 6.42 Å². The summed E-state index contributed by atoms with van der Waals surface area (Å²) in [7, 11) is 0. The predicted molar refractivity (Wildman–Crippen MR) is 40.5 cm³/mol. The maximum absolute atomic E-state index is 2.12. The van der Waals surface area contributed by atoms with Crippen LogP contribution < -0.4 is 0 Å². The molecule has 0 fully saturated rings. The number of hydrogen-bond acceptors (Lipinski definition) is 0. The fourth-order valence-corrected chi connectivity index (χ4v) is 0. The van der Waals surface area contributed by atoms with E-state index in [-0.39, 0.29) is 71.9 Å². The van der Waals surface area contributed by atoms with E-state index >= 15 is 0 Å². The van der Waals surface area contributed by atoms with Gasteiger partial charge >= 0.3 is 0 Å². The van der Waals surface area contributed by atoms with E-state index in [4.69, 9.17) is 0 Å². The molecule has 0 saturated heterocycles. The van der Waals surface area contributed by atoms with E-state index in [0.717, 1.165) is 0 Å². The van der Waals surface area contributed by atoms with Gasteiger partial charge in [-0.25, -0.2) is 0 Å². The van der Waals surface area contributed by atoms with Crippen molar-refractivity contribution >= 4 is 0 Å². The quantitative estimate of drug-likeness (QED) is 0.597. The van der Waals surface area contributed by atoms with Crippen molar-refractivity contribution in [3.8, 4) is 0 Å². The molecule has 0 aliphatic heterocycles. The third-order valence-electron chi connectivity index (χ3n) is 0.408. The second-order valence-corrected chi connectivity index (χ2v) is 0.816. The first-order valence-electron chi connectivity index (χ1n) is 1.69. The van der Waals surface area contributed by atoms with E-state index in [1.807, 2.05) is 0 Å². The summed E-state index contributed by atoms with van der Waals surface area (Å²) in [5, 5.41) is 0. The Morgan fingerprint density at radius 1 is 1.11 bits per heavy atom. The van der Waals surface area contributed by atoms with Gasteiger partial charge in [0.15, 0.2) is 0 Å². The second kappa shape index (κ2) is 54.4. The first-order chi connectivity index (χ1) is 1.91. The average Bonchev–Trinajstić information content (AvgIpc) is 1.37. The van der Waals surface area contributed by atoms with Crippen LogP contribution in [0.2, 0.25) is 0 Å². The largest absolute Gasteiger partial charge is 0.332 e. The van der Waals surface area contributed by atoms with Crippen LogP contribution in [-0.2, 0) is 18.6 Å². The molecule has 59 valence electrons. The molecular formula is C7H21UV-. The zero-order valence-corrected chi connectivity index (χ0v) is 9.79. The van der Waals surface area contributed by atoms with Crippen LogP contribution in [0.4, 0.5) is 0 Å². The van der Waals surface area contributed by atoms with Gasteiger partial charge in [-0.05, 0) is 0 Å². The Morgan fingerprint density at radius 2 is 1.22 bits per heavy atom. The van der Waals surface area contributed by atoms with E-state index in [2.05, 4.69) is 20.3 Å². The van der Waals surface area contributed by atoms with Gasteiger partial charge < -0.3 is 6.42 Å². The van der Waals surface area contributed by atoms with Crippen LogP contribution >= 0.6 is 0 Å². The van der Waals surface area contributed by atoms with Crippen molar-refractivity contribution in [2.75, 3.05) is 0 Å². The molecule has 2 heteroatoms. The Labute approximate surface area is 97.8 Å². The van der Waals surface area contributed by atoms with E-state index < -0.39 is 0 Å². The monoisotopic (exact) mass is 394 g/mol. The molecule has 0 amide bonds. The molecule has 0 heterocycles. The van der Waals surface area contributed by atoms with Crippen molar-refractivity contribution in [2.24, 2.45) is 0 Å². The first-order valence-corrected chi connectivity index (χ1v) is 1.69. The third-order valence-corrected chi connectivity index (χ3v) is 0.408. The van der Waals surface area contributed by atoms with Crippen molar-refractivity contribution in [1.29, 1.82) is 0 Å². The van der Waals surface area contributed by atoms with E-state index in [1.54, 1.807) is 0 Å². The molecule has 0 aromatic carbocycles. The maximum Gasteiger partial charge on any atom is 0 e. The molecular weight excluding hydrogens is 373 g/mol. The average molecular weight is 394 g/mol. The molecule has 0 N–H and O–H groups in total. The van der Waals surface area contributed by atoms with Crippen LogP contribution in [0.1, 0.15) is 42.5 Å². The molecule has 1 radical (unpaired) electrons. The zero-order valence-electron chi connectivity index (χ0n) is 4.23. The van der Waals surface area contributed by atoms with Gasteiger partial charge in [0.1, 0.15) is 0 Å². The normalized spacial score (nSPS) is 3.33. The van der Waals surface area contributed by atoms with Gasteiger partial charge in [0.25, 0.3) is 0 Å². The summed E-state index contributed by atoms with van der Waals surface area (Å²) in [6.45, 7) is 4.18. The topological polar surface area (TPSA) is 0 Å². The zero-order chi connectivity index (χ0) is 3.41. The minimum absolute atomic E-state index is 0. The summed E-state index contributed by atoms with van der Waals surface area (Å²) in [6, 6.07) is 0. The van der Waals surface area contributed by atoms with Crippen LogP contribution in [0.3, 0.4) is 0 Å². The van der Waals surface area contributed by atoms with Gasteiger partial charge in [-0.3, -0.25) is 0 Å². The van der Waals surface area contributed by atoms with Crippen molar-refractivity contribution in [3.63, 3.8) is 0 Å². The van der Waals surface area contributed by atoms with Gasteiger partial charge in [0.2, 0.25) is 0 Å². The summed E-state index contributed by atoms with van der Waals surface area (Å²) in [4.78, 5) is 0. The molecule has 0 aromatic heterocycles. The Balaban J connectivity index is -0.00000000450. The molecule has 0 nitrogen and oxygen atoms in total. The van der Waals surface area contributed by atoms with Crippen molar-refractivity contribution < 1.29 is 49.7 Å². The SMILES string of the molecule is C.C.C.C[CH-]CC.[U].[V]. The fourth-order valence-electron chi connectivity index (χ4n) is 0. The van der Waals surface area contributed by atoms with Crippen molar-refractivity contribution in [3.05, 3.63) is 6.42 Å². The summed E-state index contributed by atoms with van der Waals surface area (Å²) in [5.41, 5.74) is 0. The molecule has 0 aromatic rings. The Kier molecular flexibility index (Phi) is 277. The maximum atomic E-state index is 2.12. The van der Waals surface area contributed by atoms with E-state index in [9.17, 15) is 0 Å². The van der Waals surface area contributed by atoms with Gasteiger partial charge in [-0.15, -0.1) is 0 Å². The Bertz CT molecular complexity index is 10.9. The predicted octanol–water partition coefficient (Wildman–Crippen LogP) is 3.53. The number of hydrogen-bond donors (Lipinski definition) is 0. The Hall–Kier alpha value is 1.64. The van der Waals surface area contributed by atoms with Gasteiger partial charge in [0, 0.05) is 49.7 Å². The van der Waals surface area contributed by atoms with Gasteiger partial charge in [0.05, 0.1) is 0 Å². The summed E-state index contributed by atoms with van der Waals surface area (Å²) >= 11 is 0. The van der Waals surface area contributed by atoms with Crippen LogP contribution in [-0.4, -0.2) is 0 Å². The standard InChI is InChI=1S/C4H9.3CH4.U.V/c1-3-4-2;;;;;/h3H,4H2,1-2H3;3*1H4;;/q-1;;;;;. The Morgan fingerprint density at radius 3 is 1.22 bits per heavy atom. The molecule has 0 saturated carbocycles. The molecule has 0 aliphatic rings. The number of rotatable bonds is 1. The molecule has 0 atom stereocenters. The summed E-state index contributed by atoms with van der Waals surface area (Å²) in [5.74, 6) is 0. The van der Waals surface area contributed by atoms with Crippen molar-refractivity contribution in [2.45, 2.75) is 42.5 Å². The number of unbranched alkanes of at least 4 members (excludes halogenated alkanes) is 1. The molecule has 0 unspecified atom stereocenters.